The Bertz CT molecular complexity index is 1340. The highest BCUT2D eigenvalue weighted by molar-refractivity contribution is 6.02. The van der Waals surface area contributed by atoms with E-state index in [4.69, 9.17) is 4.74 Å². The number of hydrogen-bond acceptors (Lipinski definition) is 6. The van der Waals surface area contributed by atoms with Gasteiger partial charge in [-0.15, -0.1) is 0 Å². The van der Waals surface area contributed by atoms with Crippen molar-refractivity contribution >= 4 is 23.6 Å². The molecule has 0 unspecified atom stereocenters. The van der Waals surface area contributed by atoms with Gasteiger partial charge in [0.2, 0.25) is 11.7 Å². The molecule has 0 radical (unpaired) electrons. The number of aromatic nitrogens is 5. The molecule has 0 aliphatic carbocycles. The summed E-state index contributed by atoms with van der Waals surface area (Å²) in [7, 11) is 3.07. The number of esters is 1. The van der Waals surface area contributed by atoms with Gasteiger partial charge in [-0.1, -0.05) is 12.1 Å². The van der Waals surface area contributed by atoms with Crippen molar-refractivity contribution in [2.24, 2.45) is 7.05 Å². The second-order valence-electron chi connectivity index (χ2n) is 7.33. The molecule has 10 heteroatoms. The summed E-state index contributed by atoms with van der Waals surface area (Å²) >= 11 is 0. The molecule has 1 N–H and O–H groups in total. The van der Waals surface area contributed by atoms with Gasteiger partial charge in [0.25, 0.3) is 0 Å². The van der Waals surface area contributed by atoms with Crippen molar-refractivity contribution < 1.29 is 18.7 Å². The third-order valence-corrected chi connectivity index (χ3v) is 5.04. The van der Waals surface area contributed by atoms with Crippen LogP contribution in [0.2, 0.25) is 0 Å². The van der Waals surface area contributed by atoms with Crippen molar-refractivity contribution in [3.63, 3.8) is 0 Å². The molecule has 4 aromatic rings. The van der Waals surface area contributed by atoms with Gasteiger partial charge in [0, 0.05) is 29.9 Å². The van der Waals surface area contributed by atoms with Crippen LogP contribution in [-0.4, -0.2) is 43.5 Å². The van der Waals surface area contributed by atoms with Crippen LogP contribution in [0.4, 0.5) is 10.1 Å². The number of anilines is 1. The Morgan fingerprint density at radius 3 is 2.53 bits per heavy atom. The molecule has 0 saturated carbocycles. The minimum atomic E-state index is -0.565. The molecule has 0 aliphatic rings. The summed E-state index contributed by atoms with van der Waals surface area (Å²) in [6, 6.07) is 13.2. The number of hydrogen-bond donors (Lipinski definition) is 1. The van der Waals surface area contributed by atoms with Gasteiger partial charge in [-0.3, -0.25) is 9.48 Å². The van der Waals surface area contributed by atoms with Crippen molar-refractivity contribution in [2.45, 2.75) is 6.54 Å². The number of nitrogens with zero attached hydrogens (tertiary/aromatic N) is 5. The average Bonchev–Trinajstić information content (AvgIpc) is 3.45. The lowest BCUT2D eigenvalue weighted by Crippen LogP contribution is -2.14. The number of nitrogens with one attached hydrogen (secondary N) is 1. The van der Waals surface area contributed by atoms with E-state index in [1.54, 1.807) is 48.3 Å². The number of carbonyl (C=O) groups is 2. The molecular weight excluding hydrogens is 439 g/mol. The quantitative estimate of drug-likeness (QED) is 0.335. The van der Waals surface area contributed by atoms with E-state index < -0.39 is 5.97 Å². The first-order valence-electron chi connectivity index (χ1n) is 10.3. The normalized spacial score (nSPS) is 11.0. The van der Waals surface area contributed by atoms with Crippen LogP contribution in [-0.2, 0) is 23.1 Å². The number of ether oxygens (including phenoxy) is 1. The summed E-state index contributed by atoms with van der Waals surface area (Å²) in [5.74, 6) is -1.09. The molecule has 172 valence electrons. The lowest BCUT2D eigenvalue weighted by molar-refractivity contribution is -0.111. The van der Waals surface area contributed by atoms with E-state index in [0.717, 1.165) is 22.4 Å². The van der Waals surface area contributed by atoms with Gasteiger partial charge in [-0.2, -0.15) is 10.2 Å². The maximum absolute atomic E-state index is 13.3. The highest BCUT2D eigenvalue weighted by Gasteiger charge is 2.14. The number of aryl methyl sites for hydroxylation is 1. The highest BCUT2D eigenvalue weighted by Crippen LogP contribution is 2.24. The van der Waals surface area contributed by atoms with E-state index in [-0.39, 0.29) is 17.5 Å². The fraction of sp³-hybridized carbons (Fsp3) is 0.125. The van der Waals surface area contributed by atoms with Gasteiger partial charge in [-0.25, -0.2) is 18.9 Å². The summed E-state index contributed by atoms with van der Waals surface area (Å²) < 4.78 is 21.1. The Hall–Kier alpha value is -4.60. The maximum Gasteiger partial charge on any atom is 0.375 e. The van der Waals surface area contributed by atoms with Crippen LogP contribution in [0.15, 0.2) is 67.1 Å². The number of carbonyl (C=O) groups excluding carboxylic acids is 2. The molecule has 0 spiro atoms. The predicted molar refractivity (Wildman–Crippen MR) is 123 cm³/mol. The average molecular weight is 460 g/mol. The van der Waals surface area contributed by atoms with Crippen LogP contribution in [0.25, 0.3) is 17.3 Å². The Labute approximate surface area is 194 Å². The Morgan fingerprint density at radius 2 is 1.82 bits per heavy atom. The minimum Gasteiger partial charge on any atom is -0.463 e. The third kappa shape index (κ3) is 5.07. The fourth-order valence-electron chi connectivity index (χ4n) is 3.38. The zero-order valence-electron chi connectivity index (χ0n) is 18.5. The minimum absolute atomic E-state index is 0.112. The summed E-state index contributed by atoms with van der Waals surface area (Å²) in [4.78, 5) is 28.1. The van der Waals surface area contributed by atoms with E-state index in [9.17, 15) is 14.0 Å². The van der Waals surface area contributed by atoms with Crippen LogP contribution >= 0.6 is 0 Å². The smallest absolute Gasteiger partial charge is 0.375 e. The van der Waals surface area contributed by atoms with Crippen molar-refractivity contribution in [3.05, 3.63) is 89.9 Å². The van der Waals surface area contributed by atoms with Gasteiger partial charge in [0.05, 0.1) is 25.5 Å². The highest BCUT2D eigenvalue weighted by atomic mass is 19.1. The molecule has 0 saturated heterocycles. The molecule has 0 bridgehead atoms. The molecule has 0 fully saturated rings. The molecule has 1 amide bonds. The largest absolute Gasteiger partial charge is 0.463 e. The van der Waals surface area contributed by atoms with Crippen LogP contribution < -0.4 is 5.32 Å². The van der Waals surface area contributed by atoms with Crippen molar-refractivity contribution in [3.8, 4) is 11.3 Å². The second-order valence-corrected chi connectivity index (χ2v) is 7.33. The maximum atomic E-state index is 13.3. The van der Waals surface area contributed by atoms with Gasteiger partial charge in [-0.05, 0) is 48.0 Å². The van der Waals surface area contributed by atoms with Crippen molar-refractivity contribution in [1.82, 2.24) is 24.5 Å². The first kappa shape index (κ1) is 22.6. The Morgan fingerprint density at radius 1 is 1.09 bits per heavy atom. The molecule has 2 heterocycles. The monoisotopic (exact) mass is 460 g/mol. The number of rotatable bonds is 7. The van der Waals surface area contributed by atoms with Crippen LogP contribution in [0.3, 0.4) is 0 Å². The van der Waals surface area contributed by atoms with Crippen LogP contribution in [0, 0.1) is 5.82 Å². The van der Waals surface area contributed by atoms with E-state index in [1.807, 2.05) is 12.1 Å². The number of amides is 1. The third-order valence-electron chi connectivity index (χ3n) is 5.04. The van der Waals surface area contributed by atoms with E-state index in [1.165, 1.54) is 36.3 Å². The van der Waals surface area contributed by atoms with Gasteiger partial charge >= 0.3 is 5.97 Å². The zero-order valence-corrected chi connectivity index (χ0v) is 18.5. The van der Waals surface area contributed by atoms with E-state index in [0.29, 0.717) is 12.2 Å². The van der Waals surface area contributed by atoms with Crippen molar-refractivity contribution in [1.29, 1.82) is 0 Å². The van der Waals surface area contributed by atoms with Crippen LogP contribution in [0.5, 0.6) is 0 Å². The lowest BCUT2D eigenvalue weighted by Gasteiger charge is -2.07. The predicted octanol–water partition coefficient (Wildman–Crippen LogP) is 3.30. The SMILES string of the molecule is COC(=O)c1ncnn1Cc1ccc(NC(=O)/C=C/c2cnn(C)c2-c2ccc(F)cc2)cc1. The van der Waals surface area contributed by atoms with Gasteiger partial charge in [0.1, 0.15) is 12.1 Å². The first-order valence-corrected chi connectivity index (χ1v) is 10.3. The second kappa shape index (κ2) is 9.90. The Balaban J connectivity index is 1.41. The lowest BCUT2D eigenvalue weighted by atomic mass is 10.1. The van der Waals surface area contributed by atoms with Crippen molar-refractivity contribution in [2.75, 3.05) is 12.4 Å². The van der Waals surface area contributed by atoms with E-state index in [2.05, 4.69) is 20.5 Å². The summed E-state index contributed by atoms with van der Waals surface area (Å²) in [6.07, 6.45) is 6.01. The molecule has 2 aromatic carbocycles. The first-order chi connectivity index (χ1) is 16.4. The number of halogens is 1. The molecular formula is C24H21FN6O3. The zero-order chi connectivity index (χ0) is 24.1. The molecule has 0 aliphatic heterocycles. The molecule has 0 atom stereocenters. The number of methoxy groups -OCH3 is 1. The molecule has 4 rings (SSSR count). The molecule has 2 aromatic heterocycles. The van der Waals surface area contributed by atoms with Gasteiger partial charge in [0.15, 0.2) is 0 Å². The topological polar surface area (TPSA) is 104 Å². The summed E-state index contributed by atoms with van der Waals surface area (Å²) in [5, 5.41) is 11.1. The standard InChI is InChI=1S/C24H21FN6O3/c1-30-22(17-5-8-19(25)9-6-17)18(13-27-30)7-12-21(32)29-20-10-3-16(4-11-20)14-31-23(24(33)34-2)26-15-28-31/h3-13,15H,14H2,1-2H3,(H,29,32)/b12-7+. The summed E-state index contributed by atoms with van der Waals surface area (Å²) in [5.41, 5.74) is 3.76. The van der Waals surface area contributed by atoms with E-state index >= 15 is 0 Å². The molecule has 9 nitrogen and oxygen atoms in total. The fourth-order valence-corrected chi connectivity index (χ4v) is 3.38. The Kier molecular flexibility index (Phi) is 6.58. The number of benzene rings is 2. The van der Waals surface area contributed by atoms with Gasteiger partial charge < -0.3 is 10.1 Å². The van der Waals surface area contributed by atoms with Crippen LogP contribution in [0.1, 0.15) is 21.7 Å². The summed E-state index contributed by atoms with van der Waals surface area (Å²) in [6.45, 7) is 0.325. The molecule has 34 heavy (non-hydrogen) atoms.